The van der Waals surface area contributed by atoms with E-state index in [2.05, 4.69) is 17.6 Å². The summed E-state index contributed by atoms with van der Waals surface area (Å²) >= 11 is 0. The maximum Gasteiger partial charge on any atom is 0.00767 e. The van der Waals surface area contributed by atoms with E-state index >= 15 is 0 Å². The van der Waals surface area contributed by atoms with Crippen molar-refractivity contribution < 1.29 is 0 Å². The number of nitrogens with one attached hydrogen (secondary N) is 2. The van der Waals surface area contributed by atoms with Crippen molar-refractivity contribution >= 4 is 0 Å². The molecule has 0 aromatic heterocycles. The second-order valence-electron chi connectivity index (χ2n) is 3.54. The molecular formula is C9H20N2. The van der Waals surface area contributed by atoms with E-state index in [9.17, 15) is 0 Å². The molecule has 0 saturated carbocycles. The molecule has 2 N–H and O–H groups in total. The van der Waals surface area contributed by atoms with Gasteiger partial charge in [-0.05, 0) is 38.3 Å². The van der Waals surface area contributed by atoms with Crippen molar-refractivity contribution in [3.05, 3.63) is 0 Å². The van der Waals surface area contributed by atoms with Gasteiger partial charge in [-0.25, -0.2) is 0 Å². The first-order valence-electron chi connectivity index (χ1n) is 4.81. The van der Waals surface area contributed by atoms with Crippen LogP contribution in [0.15, 0.2) is 0 Å². The molecule has 1 aliphatic heterocycles. The molecule has 1 heterocycles. The zero-order valence-electron chi connectivity index (χ0n) is 7.53. The maximum atomic E-state index is 3.42. The highest BCUT2D eigenvalue weighted by molar-refractivity contribution is 4.61. The molecule has 1 rings (SSSR count). The van der Waals surface area contributed by atoms with Crippen LogP contribution in [0.4, 0.5) is 0 Å². The third-order valence-corrected chi connectivity index (χ3v) is 2.34. The highest BCUT2D eigenvalue weighted by atomic mass is 14.9. The molecule has 0 aromatic carbocycles. The molecule has 0 aromatic rings. The van der Waals surface area contributed by atoms with Gasteiger partial charge in [0.05, 0.1) is 0 Å². The number of rotatable bonds is 0. The molecule has 0 radical (unpaired) electrons. The van der Waals surface area contributed by atoms with Crippen molar-refractivity contribution in [3.63, 3.8) is 0 Å². The van der Waals surface area contributed by atoms with Crippen LogP contribution in [0.3, 0.4) is 0 Å². The molecule has 11 heavy (non-hydrogen) atoms. The predicted molar refractivity (Wildman–Crippen MR) is 48.8 cm³/mol. The second-order valence-corrected chi connectivity index (χ2v) is 3.54. The van der Waals surface area contributed by atoms with E-state index in [0.29, 0.717) is 0 Å². The van der Waals surface area contributed by atoms with Gasteiger partial charge in [-0.15, -0.1) is 0 Å². The lowest BCUT2D eigenvalue weighted by Gasteiger charge is -2.14. The molecule has 1 saturated heterocycles. The Kier molecular flexibility index (Phi) is 4.55. The van der Waals surface area contributed by atoms with Crippen LogP contribution in [0.2, 0.25) is 0 Å². The van der Waals surface area contributed by atoms with E-state index in [1.165, 1.54) is 32.4 Å². The smallest absolute Gasteiger partial charge is 0.00767 e. The minimum absolute atomic E-state index is 0.905. The first kappa shape index (κ1) is 9.01. The van der Waals surface area contributed by atoms with Crippen LogP contribution >= 0.6 is 0 Å². The fraction of sp³-hybridized carbons (Fsp3) is 1.00. The van der Waals surface area contributed by atoms with Gasteiger partial charge in [0.15, 0.2) is 0 Å². The fourth-order valence-corrected chi connectivity index (χ4v) is 1.50. The average Bonchev–Trinajstić information content (AvgIpc) is 2.03. The third kappa shape index (κ3) is 4.38. The summed E-state index contributed by atoms with van der Waals surface area (Å²) in [6.07, 6.45) is 4.08. The highest BCUT2D eigenvalue weighted by Crippen LogP contribution is 2.08. The summed E-state index contributed by atoms with van der Waals surface area (Å²) < 4.78 is 0. The van der Waals surface area contributed by atoms with E-state index in [1.54, 1.807) is 0 Å². The van der Waals surface area contributed by atoms with Crippen molar-refractivity contribution in [2.45, 2.75) is 26.2 Å². The largest absolute Gasteiger partial charge is 0.315 e. The highest BCUT2D eigenvalue weighted by Gasteiger charge is 2.02. The summed E-state index contributed by atoms with van der Waals surface area (Å²) in [5, 5.41) is 6.84. The standard InChI is InChI=1S/C9H20N2/c1-9-3-2-5-10-7-8-11-6-4-9/h9-11H,2-8H2,1H3. The lowest BCUT2D eigenvalue weighted by Crippen LogP contribution is -2.30. The van der Waals surface area contributed by atoms with Gasteiger partial charge in [0.2, 0.25) is 0 Å². The Bertz CT molecular complexity index is 83.6. The Morgan fingerprint density at radius 3 is 2.45 bits per heavy atom. The third-order valence-electron chi connectivity index (χ3n) is 2.34. The summed E-state index contributed by atoms with van der Waals surface area (Å²) in [6, 6.07) is 0. The van der Waals surface area contributed by atoms with Gasteiger partial charge < -0.3 is 10.6 Å². The van der Waals surface area contributed by atoms with Crippen molar-refractivity contribution in [1.29, 1.82) is 0 Å². The van der Waals surface area contributed by atoms with Crippen molar-refractivity contribution in [1.82, 2.24) is 10.6 Å². The molecule has 0 spiro atoms. The number of hydrogen-bond acceptors (Lipinski definition) is 2. The summed E-state index contributed by atoms with van der Waals surface area (Å²) in [7, 11) is 0. The van der Waals surface area contributed by atoms with Crippen LogP contribution in [0.25, 0.3) is 0 Å². The van der Waals surface area contributed by atoms with Gasteiger partial charge >= 0.3 is 0 Å². The predicted octanol–water partition coefficient (Wildman–Crippen LogP) is 0.986. The zero-order chi connectivity index (χ0) is 7.94. The van der Waals surface area contributed by atoms with Gasteiger partial charge in [0, 0.05) is 13.1 Å². The quantitative estimate of drug-likeness (QED) is 0.546. The lowest BCUT2D eigenvalue weighted by atomic mass is 10.0. The summed E-state index contributed by atoms with van der Waals surface area (Å²) in [6.45, 7) is 7.01. The van der Waals surface area contributed by atoms with Crippen LogP contribution in [-0.2, 0) is 0 Å². The van der Waals surface area contributed by atoms with E-state index in [1.807, 2.05) is 0 Å². The minimum atomic E-state index is 0.905. The van der Waals surface area contributed by atoms with Gasteiger partial charge in [-0.2, -0.15) is 0 Å². The molecule has 1 unspecified atom stereocenters. The molecule has 2 heteroatoms. The molecule has 0 aliphatic carbocycles. The Labute approximate surface area is 69.8 Å². The first-order chi connectivity index (χ1) is 5.39. The Morgan fingerprint density at radius 1 is 0.909 bits per heavy atom. The Morgan fingerprint density at radius 2 is 1.64 bits per heavy atom. The second kappa shape index (κ2) is 5.56. The van der Waals surface area contributed by atoms with Gasteiger partial charge in [-0.1, -0.05) is 6.92 Å². The molecule has 2 nitrogen and oxygen atoms in total. The maximum absolute atomic E-state index is 3.42. The van der Waals surface area contributed by atoms with Crippen molar-refractivity contribution in [2.24, 2.45) is 5.92 Å². The SMILES string of the molecule is CC1CCCNCCNCC1. The molecular weight excluding hydrogens is 136 g/mol. The molecule has 1 aliphatic rings. The van der Waals surface area contributed by atoms with E-state index in [4.69, 9.17) is 0 Å². The van der Waals surface area contributed by atoms with Crippen molar-refractivity contribution in [2.75, 3.05) is 26.2 Å². The van der Waals surface area contributed by atoms with Crippen LogP contribution in [0.5, 0.6) is 0 Å². The normalized spacial score (nSPS) is 29.7. The number of hydrogen-bond donors (Lipinski definition) is 2. The summed E-state index contributed by atoms with van der Waals surface area (Å²) in [5.41, 5.74) is 0. The summed E-state index contributed by atoms with van der Waals surface area (Å²) in [5.74, 6) is 0.905. The zero-order valence-corrected chi connectivity index (χ0v) is 7.53. The molecule has 1 atom stereocenters. The Balaban J connectivity index is 2.12. The Hall–Kier alpha value is -0.0800. The average molecular weight is 156 g/mol. The minimum Gasteiger partial charge on any atom is -0.315 e. The monoisotopic (exact) mass is 156 g/mol. The topological polar surface area (TPSA) is 24.1 Å². The summed E-state index contributed by atoms with van der Waals surface area (Å²) in [4.78, 5) is 0. The van der Waals surface area contributed by atoms with E-state index < -0.39 is 0 Å². The lowest BCUT2D eigenvalue weighted by molar-refractivity contribution is 0.430. The van der Waals surface area contributed by atoms with Gasteiger partial charge in [-0.3, -0.25) is 0 Å². The molecule has 0 amide bonds. The van der Waals surface area contributed by atoms with E-state index in [-0.39, 0.29) is 0 Å². The van der Waals surface area contributed by atoms with Crippen LogP contribution in [-0.4, -0.2) is 26.2 Å². The molecule has 1 fully saturated rings. The van der Waals surface area contributed by atoms with Gasteiger partial charge in [0.1, 0.15) is 0 Å². The van der Waals surface area contributed by atoms with Crippen molar-refractivity contribution in [3.8, 4) is 0 Å². The molecule has 66 valence electrons. The van der Waals surface area contributed by atoms with Gasteiger partial charge in [0.25, 0.3) is 0 Å². The van der Waals surface area contributed by atoms with Crippen LogP contribution in [0.1, 0.15) is 26.2 Å². The first-order valence-corrected chi connectivity index (χ1v) is 4.81. The van der Waals surface area contributed by atoms with Crippen LogP contribution in [0, 0.1) is 5.92 Å². The fourth-order valence-electron chi connectivity index (χ4n) is 1.50. The van der Waals surface area contributed by atoms with E-state index in [0.717, 1.165) is 19.0 Å². The van der Waals surface area contributed by atoms with Crippen LogP contribution < -0.4 is 10.6 Å². The molecule has 0 bridgehead atoms.